The van der Waals surface area contributed by atoms with E-state index < -0.39 is 5.60 Å². The molecule has 2 aromatic rings. The molecule has 0 saturated carbocycles. The van der Waals surface area contributed by atoms with E-state index >= 15 is 0 Å². The number of hydrogen-bond donors (Lipinski definition) is 2. The number of hydrogen-bond acceptors (Lipinski definition) is 3. The average Bonchev–Trinajstić information content (AvgIpc) is 2.93. The van der Waals surface area contributed by atoms with Gasteiger partial charge in [0.15, 0.2) is 0 Å². The highest BCUT2D eigenvalue weighted by atomic mass is 19.1. The van der Waals surface area contributed by atoms with Crippen LogP contribution < -0.4 is 0 Å². The minimum absolute atomic E-state index is 0.0953. The number of nitrogens with one attached hydrogen (secondary N) is 1. The van der Waals surface area contributed by atoms with Gasteiger partial charge in [0.05, 0.1) is 11.3 Å². The molecule has 0 aliphatic carbocycles. The topological polar surface area (TPSA) is 69.2 Å². The number of aryl methyl sites for hydroxylation is 2. The monoisotopic (exact) mass is 359 g/mol. The van der Waals surface area contributed by atoms with E-state index in [4.69, 9.17) is 0 Å². The van der Waals surface area contributed by atoms with Gasteiger partial charge in [0.2, 0.25) is 5.91 Å². The summed E-state index contributed by atoms with van der Waals surface area (Å²) in [6.07, 6.45) is 2.33. The Balaban J connectivity index is 1.53. The molecule has 140 valence electrons. The average molecular weight is 359 g/mol. The van der Waals surface area contributed by atoms with Gasteiger partial charge in [-0.15, -0.1) is 0 Å². The summed E-state index contributed by atoms with van der Waals surface area (Å²) in [7, 11) is 0. The van der Waals surface area contributed by atoms with Crippen molar-refractivity contribution in [1.29, 1.82) is 0 Å². The molecule has 5 nitrogen and oxygen atoms in total. The SMILES string of the molecule is Cc1n[nH]c(C)c1CCC(=O)N1CCC(O)(Cc2ccccc2F)CC1. The molecular weight excluding hydrogens is 333 g/mol. The van der Waals surface area contributed by atoms with E-state index in [-0.39, 0.29) is 18.1 Å². The fraction of sp³-hybridized carbons (Fsp3) is 0.500. The summed E-state index contributed by atoms with van der Waals surface area (Å²) in [6, 6.07) is 6.55. The zero-order valence-corrected chi connectivity index (χ0v) is 15.4. The predicted molar refractivity (Wildman–Crippen MR) is 97.3 cm³/mol. The first-order chi connectivity index (χ1) is 12.4. The summed E-state index contributed by atoms with van der Waals surface area (Å²) in [6.45, 7) is 4.91. The van der Waals surface area contributed by atoms with Crippen molar-refractivity contribution < 1.29 is 14.3 Å². The fourth-order valence-electron chi connectivity index (χ4n) is 3.68. The zero-order valence-electron chi connectivity index (χ0n) is 15.4. The Hall–Kier alpha value is -2.21. The number of aromatic amines is 1. The first kappa shape index (κ1) is 18.6. The molecule has 3 rings (SSSR count). The second kappa shape index (κ2) is 7.58. The third-order valence-corrected chi connectivity index (χ3v) is 5.39. The summed E-state index contributed by atoms with van der Waals surface area (Å²) in [5.74, 6) is -0.191. The van der Waals surface area contributed by atoms with Crippen LogP contribution in [0.1, 0.15) is 41.8 Å². The van der Waals surface area contributed by atoms with Crippen molar-refractivity contribution >= 4 is 5.91 Å². The van der Waals surface area contributed by atoms with Crippen LogP contribution in [0.3, 0.4) is 0 Å². The maximum absolute atomic E-state index is 13.8. The highest BCUT2D eigenvalue weighted by molar-refractivity contribution is 5.76. The van der Waals surface area contributed by atoms with Crippen molar-refractivity contribution in [2.24, 2.45) is 0 Å². The molecule has 1 amide bonds. The van der Waals surface area contributed by atoms with Gasteiger partial charge in [-0.25, -0.2) is 4.39 Å². The molecule has 1 saturated heterocycles. The lowest BCUT2D eigenvalue weighted by Gasteiger charge is -2.38. The molecule has 2 N–H and O–H groups in total. The molecule has 0 unspecified atom stereocenters. The maximum atomic E-state index is 13.8. The molecule has 0 atom stereocenters. The first-order valence-electron chi connectivity index (χ1n) is 9.12. The minimum Gasteiger partial charge on any atom is -0.389 e. The van der Waals surface area contributed by atoms with Gasteiger partial charge in [-0.1, -0.05) is 18.2 Å². The normalized spacial score (nSPS) is 16.7. The van der Waals surface area contributed by atoms with Crippen LogP contribution in [0.4, 0.5) is 4.39 Å². The van der Waals surface area contributed by atoms with Gasteiger partial charge in [-0.2, -0.15) is 5.10 Å². The van der Waals surface area contributed by atoms with Crippen molar-refractivity contribution in [3.63, 3.8) is 0 Å². The van der Waals surface area contributed by atoms with E-state index in [0.29, 0.717) is 44.3 Å². The lowest BCUT2D eigenvalue weighted by molar-refractivity contribution is -0.135. The standard InChI is InChI=1S/C20H26FN3O2/c1-14-17(15(2)23-22-14)7-8-19(25)24-11-9-20(26,10-12-24)13-16-5-3-4-6-18(16)21/h3-6,26H,7-13H2,1-2H3,(H,22,23). The maximum Gasteiger partial charge on any atom is 0.222 e. The largest absolute Gasteiger partial charge is 0.389 e. The van der Waals surface area contributed by atoms with Gasteiger partial charge in [0.1, 0.15) is 5.82 Å². The second-order valence-electron chi connectivity index (χ2n) is 7.29. The Morgan fingerprint density at radius 1 is 1.31 bits per heavy atom. The second-order valence-corrected chi connectivity index (χ2v) is 7.29. The number of nitrogens with zero attached hydrogens (tertiary/aromatic N) is 2. The number of carbonyl (C=O) groups is 1. The summed E-state index contributed by atoms with van der Waals surface area (Å²) in [4.78, 5) is 14.3. The number of rotatable bonds is 5. The number of amides is 1. The van der Waals surface area contributed by atoms with Crippen LogP contribution in [-0.4, -0.2) is 44.8 Å². The van der Waals surface area contributed by atoms with Gasteiger partial charge in [-0.05, 0) is 50.3 Å². The molecule has 1 aromatic carbocycles. The number of aromatic nitrogens is 2. The van der Waals surface area contributed by atoms with Gasteiger partial charge >= 0.3 is 0 Å². The molecule has 2 heterocycles. The van der Waals surface area contributed by atoms with Crippen LogP contribution in [0.15, 0.2) is 24.3 Å². The Kier molecular flexibility index (Phi) is 5.41. The highest BCUT2D eigenvalue weighted by Gasteiger charge is 2.34. The van der Waals surface area contributed by atoms with Crippen LogP contribution in [-0.2, 0) is 17.6 Å². The van der Waals surface area contributed by atoms with Crippen molar-refractivity contribution in [3.8, 4) is 0 Å². The number of carbonyl (C=O) groups excluding carboxylic acids is 1. The molecule has 1 aliphatic heterocycles. The smallest absolute Gasteiger partial charge is 0.222 e. The van der Waals surface area contributed by atoms with Gasteiger partial charge in [0.25, 0.3) is 0 Å². The quantitative estimate of drug-likeness (QED) is 0.862. The fourth-order valence-corrected chi connectivity index (χ4v) is 3.68. The summed E-state index contributed by atoms with van der Waals surface area (Å²) < 4.78 is 13.8. The highest BCUT2D eigenvalue weighted by Crippen LogP contribution is 2.28. The van der Waals surface area contributed by atoms with E-state index in [2.05, 4.69) is 10.2 Å². The van der Waals surface area contributed by atoms with Crippen LogP contribution in [0.25, 0.3) is 0 Å². The van der Waals surface area contributed by atoms with E-state index in [1.54, 1.807) is 23.1 Å². The third kappa shape index (κ3) is 4.12. The summed E-state index contributed by atoms with van der Waals surface area (Å²) in [5, 5.41) is 17.9. The van der Waals surface area contributed by atoms with Crippen molar-refractivity contribution in [1.82, 2.24) is 15.1 Å². The Morgan fingerprint density at radius 2 is 2.00 bits per heavy atom. The molecule has 0 radical (unpaired) electrons. The predicted octanol–water partition coefficient (Wildman–Crippen LogP) is 2.69. The number of H-pyrrole nitrogens is 1. The minimum atomic E-state index is -0.948. The number of aliphatic hydroxyl groups is 1. The molecule has 6 heteroatoms. The van der Waals surface area contributed by atoms with Crippen molar-refractivity contribution in [2.75, 3.05) is 13.1 Å². The number of piperidine rings is 1. The molecule has 26 heavy (non-hydrogen) atoms. The molecule has 1 aromatic heterocycles. The Bertz CT molecular complexity index is 760. The van der Waals surface area contributed by atoms with E-state index in [0.717, 1.165) is 17.0 Å². The van der Waals surface area contributed by atoms with Crippen LogP contribution in [0, 0.1) is 19.7 Å². The third-order valence-electron chi connectivity index (χ3n) is 5.39. The Morgan fingerprint density at radius 3 is 2.62 bits per heavy atom. The lowest BCUT2D eigenvalue weighted by Crippen LogP contribution is -2.47. The molecular formula is C20H26FN3O2. The van der Waals surface area contributed by atoms with Crippen molar-refractivity contribution in [3.05, 3.63) is 52.6 Å². The van der Waals surface area contributed by atoms with Gasteiger partial charge < -0.3 is 10.0 Å². The van der Waals surface area contributed by atoms with Gasteiger partial charge in [0, 0.05) is 31.6 Å². The van der Waals surface area contributed by atoms with E-state index in [1.807, 2.05) is 13.8 Å². The van der Waals surface area contributed by atoms with Crippen LogP contribution in [0.2, 0.25) is 0 Å². The van der Waals surface area contributed by atoms with Gasteiger partial charge in [-0.3, -0.25) is 9.89 Å². The Labute approximate surface area is 153 Å². The molecule has 1 aliphatic rings. The lowest BCUT2D eigenvalue weighted by atomic mass is 9.85. The number of likely N-dealkylation sites (tertiary alicyclic amines) is 1. The molecule has 0 spiro atoms. The van der Waals surface area contributed by atoms with E-state index in [1.165, 1.54) is 6.07 Å². The van der Waals surface area contributed by atoms with Crippen molar-refractivity contribution in [2.45, 2.75) is 51.6 Å². The van der Waals surface area contributed by atoms with Crippen LogP contribution in [0.5, 0.6) is 0 Å². The number of benzene rings is 1. The molecule has 1 fully saturated rings. The van der Waals surface area contributed by atoms with Crippen LogP contribution >= 0.6 is 0 Å². The summed E-state index contributed by atoms with van der Waals surface area (Å²) in [5.41, 5.74) is 2.63. The number of halogens is 1. The first-order valence-corrected chi connectivity index (χ1v) is 9.12. The molecule has 0 bridgehead atoms. The zero-order chi connectivity index (χ0) is 18.7. The van der Waals surface area contributed by atoms with E-state index in [9.17, 15) is 14.3 Å². The summed E-state index contributed by atoms with van der Waals surface area (Å²) >= 11 is 0.